The van der Waals surface area contributed by atoms with Gasteiger partial charge in [0.1, 0.15) is 11.5 Å². The van der Waals surface area contributed by atoms with Gasteiger partial charge in [-0.15, -0.1) is 0 Å². The smallest absolute Gasteiger partial charge is 0.241 e. The van der Waals surface area contributed by atoms with Gasteiger partial charge in [-0.1, -0.05) is 17.7 Å². The number of carbonyl (C=O) groups excluding carboxylic acids is 1. The molecule has 0 radical (unpaired) electrons. The molecular formula is C21H25ClN2O3. The van der Waals surface area contributed by atoms with E-state index in [-0.39, 0.29) is 18.0 Å². The highest BCUT2D eigenvalue weighted by atomic mass is 35.5. The molecule has 1 saturated heterocycles. The average molecular weight is 389 g/mol. The molecule has 1 aliphatic rings. The van der Waals surface area contributed by atoms with Gasteiger partial charge in [0.05, 0.1) is 20.3 Å². The standard InChI is InChI=1S/C21H25ClN2O3/c1-14(21(25)23-16-8-6-15(22)7-9-16)24-12-4-5-19(24)18-11-10-17(26-2)13-20(18)27-3/h6-11,13-14,19H,4-5,12H2,1-3H3,(H,23,25)/t14-,19+/m0/s1. The summed E-state index contributed by atoms with van der Waals surface area (Å²) < 4.78 is 10.9. The summed E-state index contributed by atoms with van der Waals surface area (Å²) in [6, 6.07) is 12.9. The molecule has 6 heteroatoms. The zero-order valence-corrected chi connectivity index (χ0v) is 16.6. The number of likely N-dealkylation sites (tertiary alicyclic amines) is 1. The first-order valence-electron chi connectivity index (χ1n) is 9.07. The molecule has 5 nitrogen and oxygen atoms in total. The lowest BCUT2D eigenvalue weighted by atomic mass is 10.0. The van der Waals surface area contributed by atoms with Crippen LogP contribution in [-0.4, -0.2) is 37.6 Å². The number of carbonyl (C=O) groups is 1. The number of rotatable bonds is 6. The van der Waals surface area contributed by atoms with Crippen LogP contribution in [0.3, 0.4) is 0 Å². The van der Waals surface area contributed by atoms with Gasteiger partial charge in [0.15, 0.2) is 0 Å². The van der Waals surface area contributed by atoms with Crippen molar-refractivity contribution >= 4 is 23.2 Å². The summed E-state index contributed by atoms with van der Waals surface area (Å²) >= 11 is 5.91. The first-order chi connectivity index (χ1) is 13.0. The van der Waals surface area contributed by atoms with Crippen LogP contribution in [0.2, 0.25) is 5.02 Å². The van der Waals surface area contributed by atoms with Crippen molar-refractivity contribution in [3.63, 3.8) is 0 Å². The summed E-state index contributed by atoms with van der Waals surface area (Å²) in [4.78, 5) is 15.0. The van der Waals surface area contributed by atoms with Crippen LogP contribution < -0.4 is 14.8 Å². The van der Waals surface area contributed by atoms with E-state index in [4.69, 9.17) is 21.1 Å². The zero-order chi connectivity index (χ0) is 19.4. The topological polar surface area (TPSA) is 50.8 Å². The fourth-order valence-corrected chi connectivity index (χ4v) is 3.74. The minimum absolute atomic E-state index is 0.0308. The number of ether oxygens (including phenoxy) is 2. The number of halogens is 1. The minimum Gasteiger partial charge on any atom is -0.497 e. The second-order valence-electron chi connectivity index (χ2n) is 6.68. The predicted octanol–water partition coefficient (Wildman–Crippen LogP) is 4.52. The Morgan fingerprint density at radius 3 is 2.59 bits per heavy atom. The Labute approximate surface area is 165 Å². The summed E-state index contributed by atoms with van der Waals surface area (Å²) in [5.74, 6) is 1.52. The van der Waals surface area contributed by atoms with Crippen LogP contribution in [0, 0.1) is 0 Å². The lowest BCUT2D eigenvalue weighted by Crippen LogP contribution is -2.41. The lowest BCUT2D eigenvalue weighted by molar-refractivity contribution is -0.121. The third kappa shape index (κ3) is 4.37. The monoisotopic (exact) mass is 388 g/mol. The van der Waals surface area contributed by atoms with Crippen molar-refractivity contribution in [1.29, 1.82) is 0 Å². The van der Waals surface area contributed by atoms with E-state index in [1.165, 1.54) is 0 Å². The van der Waals surface area contributed by atoms with E-state index in [1.807, 2.05) is 25.1 Å². The molecule has 0 aromatic heterocycles. The number of hydrogen-bond acceptors (Lipinski definition) is 4. The predicted molar refractivity (Wildman–Crippen MR) is 108 cm³/mol. The van der Waals surface area contributed by atoms with Crippen molar-refractivity contribution in [3.8, 4) is 11.5 Å². The molecule has 1 aliphatic heterocycles. The maximum absolute atomic E-state index is 12.8. The quantitative estimate of drug-likeness (QED) is 0.790. The Morgan fingerprint density at radius 2 is 1.93 bits per heavy atom. The van der Waals surface area contributed by atoms with Crippen LogP contribution in [0.15, 0.2) is 42.5 Å². The van der Waals surface area contributed by atoms with Crippen molar-refractivity contribution in [3.05, 3.63) is 53.1 Å². The van der Waals surface area contributed by atoms with Crippen molar-refractivity contribution in [1.82, 2.24) is 4.90 Å². The minimum atomic E-state index is -0.264. The first-order valence-corrected chi connectivity index (χ1v) is 9.45. The maximum atomic E-state index is 12.8. The molecule has 3 rings (SSSR count). The molecule has 27 heavy (non-hydrogen) atoms. The highest BCUT2D eigenvalue weighted by Crippen LogP contribution is 2.39. The van der Waals surface area contributed by atoms with Gasteiger partial charge in [-0.25, -0.2) is 0 Å². The molecule has 0 aliphatic carbocycles. The Morgan fingerprint density at radius 1 is 1.19 bits per heavy atom. The second kappa shape index (κ2) is 8.63. The summed E-state index contributed by atoms with van der Waals surface area (Å²) in [6.07, 6.45) is 2.03. The number of hydrogen-bond donors (Lipinski definition) is 1. The number of methoxy groups -OCH3 is 2. The molecular weight excluding hydrogens is 364 g/mol. The zero-order valence-electron chi connectivity index (χ0n) is 15.9. The normalized spacial score (nSPS) is 18.1. The summed E-state index contributed by atoms with van der Waals surface area (Å²) in [5.41, 5.74) is 1.83. The van der Waals surface area contributed by atoms with E-state index in [1.54, 1.807) is 38.5 Å². The molecule has 1 fully saturated rings. The molecule has 2 aromatic rings. The van der Waals surface area contributed by atoms with Gasteiger partial charge in [0.25, 0.3) is 0 Å². The maximum Gasteiger partial charge on any atom is 0.241 e. The van der Waals surface area contributed by atoms with Gasteiger partial charge in [0.2, 0.25) is 5.91 Å². The fraction of sp³-hybridized carbons (Fsp3) is 0.381. The molecule has 2 atom stereocenters. The SMILES string of the molecule is COc1ccc([C@H]2CCCN2[C@@H](C)C(=O)Nc2ccc(Cl)cc2)c(OC)c1. The molecule has 2 aromatic carbocycles. The Kier molecular flexibility index (Phi) is 6.24. The number of amides is 1. The molecule has 0 bridgehead atoms. The molecule has 1 heterocycles. The van der Waals surface area contributed by atoms with E-state index < -0.39 is 0 Å². The molecule has 144 valence electrons. The van der Waals surface area contributed by atoms with Crippen LogP contribution in [0.1, 0.15) is 31.4 Å². The highest BCUT2D eigenvalue weighted by molar-refractivity contribution is 6.30. The summed E-state index contributed by atoms with van der Waals surface area (Å²) in [6.45, 7) is 2.81. The highest BCUT2D eigenvalue weighted by Gasteiger charge is 2.34. The molecule has 1 amide bonds. The van der Waals surface area contributed by atoms with E-state index in [9.17, 15) is 4.79 Å². The van der Waals surface area contributed by atoms with E-state index in [2.05, 4.69) is 10.2 Å². The molecule has 1 N–H and O–H groups in total. The number of anilines is 1. The Bertz CT molecular complexity index is 795. The average Bonchev–Trinajstić information content (AvgIpc) is 3.18. The third-order valence-corrected chi connectivity index (χ3v) is 5.33. The van der Waals surface area contributed by atoms with E-state index in [0.29, 0.717) is 5.02 Å². The summed E-state index contributed by atoms with van der Waals surface area (Å²) in [7, 11) is 3.30. The van der Waals surface area contributed by atoms with Gasteiger partial charge in [-0.05, 0) is 56.6 Å². The number of nitrogens with zero attached hydrogens (tertiary/aromatic N) is 1. The first kappa shape index (κ1) is 19.5. The molecule has 0 spiro atoms. The van der Waals surface area contributed by atoms with Crippen LogP contribution >= 0.6 is 11.6 Å². The van der Waals surface area contributed by atoms with Gasteiger partial charge in [-0.2, -0.15) is 0 Å². The molecule has 0 saturated carbocycles. The Hall–Kier alpha value is -2.24. The van der Waals surface area contributed by atoms with Gasteiger partial charge in [0, 0.05) is 28.4 Å². The number of benzene rings is 2. The van der Waals surface area contributed by atoms with Crippen LogP contribution in [-0.2, 0) is 4.79 Å². The van der Waals surface area contributed by atoms with E-state index in [0.717, 1.165) is 42.1 Å². The van der Waals surface area contributed by atoms with Crippen molar-refractivity contribution in [2.45, 2.75) is 31.8 Å². The van der Waals surface area contributed by atoms with Crippen LogP contribution in [0.25, 0.3) is 0 Å². The van der Waals surface area contributed by atoms with Gasteiger partial charge >= 0.3 is 0 Å². The van der Waals surface area contributed by atoms with Crippen LogP contribution in [0.5, 0.6) is 11.5 Å². The number of nitrogens with one attached hydrogen (secondary N) is 1. The largest absolute Gasteiger partial charge is 0.497 e. The third-order valence-electron chi connectivity index (χ3n) is 5.08. The summed E-state index contributed by atoms with van der Waals surface area (Å²) in [5, 5.41) is 3.62. The van der Waals surface area contributed by atoms with Crippen molar-refractivity contribution < 1.29 is 14.3 Å². The van der Waals surface area contributed by atoms with Crippen LogP contribution in [0.4, 0.5) is 5.69 Å². The van der Waals surface area contributed by atoms with Crippen molar-refractivity contribution in [2.75, 3.05) is 26.1 Å². The van der Waals surface area contributed by atoms with Gasteiger partial charge < -0.3 is 14.8 Å². The lowest BCUT2D eigenvalue weighted by Gasteiger charge is -2.31. The fourth-order valence-electron chi connectivity index (χ4n) is 3.61. The Balaban J connectivity index is 1.77. The van der Waals surface area contributed by atoms with Crippen molar-refractivity contribution in [2.24, 2.45) is 0 Å². The van der Waals surface area contributed by atoms with E-state index >= 15 is 0 Å². The second-order valence-corrected chi connectivity index (χ2v) is 7.11. The molecule has 0 unspecified atom stereocenters. The van der Waals surface area contributed by atoms with Gasteiger partial charge in [-0.3, -0.25) is 9.69 Å².